The second kappa shape index (κ2) is 6.33. The van der Waals surface area contributed by atoms with E-state index in [1.54, 1.807) is 12.1 Å². The summed E-state index contributed by atoms with van der Waals surface area (Å²) in [6.07, 6.45) is 1.12. The van der Waals surface area contributed by atoms with Crippen molar-refractivity contribution in [1.82, 2.24) is 5.32 Å². The summed E-state index contributed by atoms with van der Waals surface area (Å²) in [5.74, 6) is 0.479. The summed E-state index contributed by atoms with van der Waals surface area (Å²) in [6, 6.07) is 7.32. The Morgan fingerprint density at radius 2 is 1.72 bits per heavy atom. The van der Waals surface area contributed by atoms with Gasteiger partial charge in [0.1, 0.15) is 5.82 Å². The van der Waals surface area contributed by atoms with E-state index in [2.05, 4.69) is 39.9 Å². The molecule has 0 aliphatic heterocycles. The molecule has 0 fully saturated rings. The average Bonchev–Trinajstić information content (AvgIpc) is 2.28. The lowest BCUT2D eigenvalue weighted by molar-refractivity contribution is 0.297. The zero-order valence-electron chi connectivity index (χ0n) is 12.3. The number of hydrogen-bond acceptors (Lipinski definition) is 1. The Morgan fingerprint density at radius 1 is 1.17 bits per heavy atom. The van der Waals surface area contributed by atoms with Gasteiger partial charge in [0, 0.05) is 11.5 Å². The number of nitrogens with one attached hydrogen (secondary N) is 1. The summed E-state index contributed by atoms with van der Waals surface area (Å²) >= 11 is 0. The Morgan fingerprint density at radius 3 is 2.17 bits per heavy atom. The third-order valence-electron chi connectivity index (χ3n) is 3.62. The molecule has 1 unspecified atom stereocenters. The molecule has 0 aliphatic rings. The first-order valence-electron chi connectivity index (χ1n) is 6.87. The van der Waals surface area contributed by atoms with E-state index in [1.807, 2.05) is 12.1 Å². The number of hydrogen-bond donors (Lipinski definition) is 1. The van der Waals surface area contributed by atoms with Crippen LogP contribution in [0, 0.1) is 11.7 Å². The Hall–Kier alpha value is -0.890. The molecule has 0 spiro atoms. The second-order valence-corrected chi connectivity index (χ2v) is 5.97. The number of likely N-dealkylation sites (N-methyl/N-ethyl adjacent to an activating group) is 1. The summed E-state index contributed by atoms with van der Waals surface area (Å²) < 4.78 is 13.0. The van der Waals surface area contributed by atoms with Crippen molar-refractivity contribution in [2.45, 2.75) is 52.5 Å². The predicted octanol–water partition coefficient (Wildman–Crippen LogP) is 4.13. The number of benzene rings is 1. The van der Waals surface area contributed by atoms with Crippen LogP contribution in [-0.4, -0.2) is 12.6 Å². The highest BCUT2D eigenvalue weighted by molar-refractivity contribution is 5.26. The quantitative estimate of drug-likeness (QED) is 0.801. The predicted molar refractivity (Wildman–Crippen MR) is 76.3 cm³/mol. The smallest absolute Gasteiger partial charge is 0.123 e. The van der Waals surface area contributed by atoms with Crippen molar-refractivity contribution in [2.24, 2.45) is 5.92 Å². The molecule has 1 rings (SSSR count). The normalized spacial score (nSPS) is 13.9. The van der Waals surface area contributed by atoms with Gasteiger partial charge in [-0.25, -0.2) is 4.39 Å². The van der Waals surface area contributed by atoms with Gasteiger partial charge >= 0.3 is 0 Å². The van der Waals surface area contributed by atoms with Crippen LogP contribution in [0.2, 0.25) is 0 Å². The lowest BCUT2D eigenvalue weighted by Crippen LogP contribution is -2.45. The molecule has 0 bridgehead atoms. The minimum Gasteiger partial charge on any atom is -0.313 e. The van der Waals surface area contributed by atoms with Gasteiger partial charge in [0.15, 0.2) is 0 Å². The van der Waals surface area contributed by atoms with Crippen LogP contribution < -0.4 is 5.32 Å². The van der Waals surface area contributed by atoms with E-state index in [-0.39, 0.29) is 11.2 Å². The standard InChI is InChI=1S/C16H26FN/c1-6-18-15(11-12(2)3)16(4,5)13-7-9-14(17)10-8-13/h7-10,12,15,18H,6,11H2,1-5H3. The Labute approximate surface area is 111 Å². The molecule has 0 saturated heterocycles. The molecule has 0 saturated carbocycles. The van der Waals surface area contributed by atoms with Gasteiger partial charge in [0.05, 0.1) is 0 Å². The maximum Gasteiger partial charge on any atom is 0.123 e. The van der Waals surface area contributed by atoms with Gasteiger partial charge in [-0.05, 0) is 36.6 Å². The molecule has 1 aromatic carbocycles. The van der Waals surface area contributed by atoms with Gasteiger partial charge in [-0.15, -0.1) is 0 Å². The van der Waals surface area contributed by atoms with Crippen molar-refractivity contribution in [2.75, 3.05) is 6.54 Å². The van der Waals surface area contributed by atoms with Crippen LogP contribution >= 0.6 is 0 Å². The summed E-state index contributed by atoms with van der Waals surface area (Å²) in [4.78, 5) is 0. The van der Waals surface area contributed by atoms with Crippen molar-refractivity contribution in [1.29, 1.82) is 0 Å². The molecule has 1 aromatic rings. The molecule has 0 heterocycles. The van der Waals surface area contributed by atoms with Crippen LogP contribution in [0.3, 0.4) is 0 Å². The molecule has 102 valence electrons. The molecule has 1 nitrogen and oxygen atoms in total. The van der Waals surface area contributed by atoms with Crippen molar-refractivity contribution in [3.63, 3.8) is 0 Å². The van der Waals surface area contributed by atoms with Gasteiger partial charge in [-0.2, -0.15) is 0 Å². The van der Waals surface area contributed by atoms with Crippen LogP contribution in [0.4, 0.5) is 4.39 Å². The first kappa shape index (κ1) is 15.2. The second-order valence-electron chi connectivity index (χ2n) is 5.97. The van der Waals surface area contributed by atoms with Crippen molar-refractivity contribution in [3.8, 4) is 0 Å². The minimum atomic E-state index is -0.168. The van der Waals surface area contributed by atoms with Crippen LogP contribution in [-0.2, 0) is 5.41 Å². The largest absolute Gasteiger partial charge is 0.313 e. The first-order chi connectivity index (χ1) is 8.37. The molecule has 18 heavy (non-hydrogen) atoms. The lowest BCUT2D eigenvalue weighted by Gasteiger charge is -2.36. The maximum absolute atomic E-state index is 13.0. The Bertz CT molecular complexity index is 354. The number of halogens is 1. The van der Waals surface area contributed by atoms with Gasteiger partial charge in [-0.1, -0.05) is 46.8 Å². The Kier molecular flexibility index (Phi) is 5.33. The van der Waals surface area contributed by atoms with Gasteiger partial charge in [-0.3, -0.25) is 0 Å². The summed E-state index contributed by atoms with van der Waals surface area (Å²) in [5, 5.41) is 3.57. The zero-order valence-corrected chi connectivity index (χ0v) is 12.3. The van der Waals surface area contributed by atoms with E-state index in [0.717, 1.165) is 13.0 Å². The third-order valence-corrected chi connectivity index (χ3v) is 3.62. The topological polar surface area (TPSA) is 12.0 Å². The molecular formula is C16H26FN. The van der Waals surface area contributed by atoms with Crippen molar-refractivity contribution >= 4 is 0 Å². The fraction of sp³-hybridized carbons (Fsp3) is 0.625. The van der Waals surface area contributed by atoms with Crippen LogP contribution in [0.25, 0.3) is 0 Å². The molecular weight excluding hydrogens is 225 g/mol. The summed E-state index contributed by atoms with van der Waals surface area (Å²) in [7, 11) is 0. The summed E-state index contributed by atoms with van der Waals surface area (Å²) in [5.41, 5.74) is 1.20. The molecule has 0 radical (unpaired) electrons. The van der Waals surface area contributed by atoms with E-state index in [0.29, 0.717) is 12.0 Å². The SMILES string of the molecule is CCNC(CC(C)C)C(C)(C)c1ccc(F)cc1. The highest BCUT2D eigenvalue weighted by Gasteiger charge is 2.31. The molecule has 0 aliphatic carbocycles. The monoisotopic (exact) mass is 251 g/mol. The minimum absolute atomic E-state index is 0.00792. The van der Waals surface area contributed by atoms with Crippen LogP contribution in [0.1, 0.15) is 46.6 Å². The van der Waals surface area contributed by atoms with Gasteiger partial charge in [0.2, 0.25) is 0 Å². The molecule has 1 atom stereocenters. The van der Waals surface area contributed by atoms with E-state index in [1.165, 1.54) is 5.56 Å². The number of rotatable bonds is 6. The first-order valence-corrected chi connectivity index (χ1v) is 6.87. The molecule has 0 aromatic heterocycles. The fourth-order valence-corrected chi connectivity index (χ4v) is 2.43. The van der Waals surface area contributed by atoms with E-state index in [9.17, 15) is 4.39 Å². The average molecular weight is 251 g/mol. The van der Waals surface area contributed by atoms with Gasteiger partial charge in [0.25, 0.3) is 0 Å². The van der Waals surface area contributed by atoms with Crippen LogP contribution in [0.15, 0.2) is 24.3 Å². The van der Waals surface area contributed by atoms with Crippen LogP contribution in [0.5, 0.6) is 0 Å². The molecule has 2 heteroatoms. The zero-order chi connectivity index (χ0) is 13.8. The molecule has 1 N–H and O–H groups in total. The van der Waals surface area contributed by atoms with E-state index in [4.69, 9.17) is 0 Å². The van der Waals surface area contributed by atoms with Crippen molar-refractivity contribution in [3.05, 3.63) is 35.6 Å². The Balaban J connectivity index is 2.95. The third kappa shape index (κ3) is 3.81. The highest BCUT2D eigenvalue weighted by Crippen LogP contribution is 2.30. The van der Waals surface area contributed by atoms with Gasteiger partial charge < -0.3 is 5.32 Å². The van der Waals surface area contributed by atoms with E-state index < -0.39 is 0 Å². The highest BCUT2D eigenvalue weighted by atomic mass is 19.1. The van der Waals surface area contributed by atoms with Crippen molar-refractivity contribution < 1.29 is 4.39 Å². The summed E-state index contributed by atoms with van der Waals surface area (Å²) in [6.45, 7) is 12.0. The lowest BCUT2D eigenvalue weighted by atomic mass is 9.75. The molecule has 0 amide bonds. The maximum atomic E-state index is 13.0. The fourth-order valence-electron chi connectivity index (χ4n) is 2.43. The van der Waals surface area contributed by atoms with E-state index >= 15 is 0 Å².